The van der Waals surface area contributed by atoms with E-state index in [4.69, 9.17) is 4.74 Å². The van der Waals surface area contributed by atoms with E-state index >= 15 is 0 Å². The molecule has 2 aromatic rings. The molecule has 0 saturated carbocycles. The minimum absolute atomic E-state index is 0.0476. The van der Waals surface area contributed by atoms with Crippen molar-refractivity contribution in [2.24, 2.45) is 0 Å². The van der Waals surface area contributed by atoms with Crippen molar-refractivity contribution in [1.29, 1.82) is 0 Å². The van der Waals surface area contributed by atoms with E-state index in [-0.39, 0.29) is 5.91 Å². The van der Waals surface area contributed by atoms with Crippen LogP contribution >= 0.6 is 0 Å². The molecule has 1 heterocycles. The van der Waals surface area contributed by atoms with Crippen LogP contribution < -0.4 is 10.1 Å². The first kappa shape index (κ1) is 17.5. The molecule has 3 rings (SSSR count). The Kier molecular flexibility index (Phi) is 5.71. The zero-order chi connectivity index (χ0) is 17.6. The van der Waals surface area contributed by atoms with Crippen LogP contribution in [0.5, 0.6) is 5.75 Å². The lowest BCUT2D eigenvalue weighted by molar-refractivity contribution is 0.0949. The molecular formula is C21H26N2O2. The van der Waals surface area contributed by atoms with Gasteiger partial charge in [0.05, 0.1) is 7.11 Å². The fraction of sp³-hybridized carbons (Fsp3) is 0.381. The standard InChI is InChI=1S/C21H26N2O2/c1-16-6-3-4-9-20(16)18-10-12-23(15-18)13-11-22-21(24)17-7-5-8-19(14-17)25-2/h3-9,14,18H,10-13,15H2,1-2H3,(H,22,24)/t18-/m1/s1. The molecule has 1 aliphatic rings. The minimum atomic E-state index is -0.0476. The molecule has 1 amide bonds. The average Bonchev–Trinajstić information content (AvgIpc) is 3.10. The fourth-order valence-corrected chi connectivity index (χ4v) is 3.53. The van der Waals surface area contributed by atoms with Crippen LogP contribution in [0.2, 0.25) is 0 Å². The second-order valence-electron chi connectivity index (χ2n) is 6.63. The molecule has 0 aliphatic carbocycles. The van der Waals surface area contributed by atoms with E-state index in [1.165, 1.54) is 17.5 Å². The van der Waals surface area contributed by atoms with Gasteiger partial charge >= 0.3 is 0 Å². The topological polar surface area (TPSA) is 41.6 Å². The highest BCUT2D eigenvalue weighted by molar-refractivity contribution is 5.94. The summed E-state index contributed by atoms with van der Waals surface area (Å²) in [7, 11) is 1.61. The number of methoxy groups -OCH3 is 1. The minimum Gasteiger partial charge on any atom is -0.497 e. The van der Waals surface area contributed by atoms with Gasteiger partial charge in [0.15, 0.2) is 0 Å². The summed E-state index contributed by atoms with van der Waals surface area (Å²) < 4.78 is 5.17. The number of amides is 1. The Morgan fingerprint density at radius 2 is 2.08 bits per heavy atom. The van der Waals surface area contributed by atoms with E-state index in [2.05, 4.69) is 41.4 Å². The van der Waals surface area contributed by atoms with Gasteiger partial charge in [-0.2, -0.15) is 0 Å². The van der Waals surface area contributed by atoms with Crippen LogP contribution in [0.4, 0.5) is 0 Å². The molecule has 25 heavy (non-hydrogen) atoms. The number of benzene rings is 2. The summed E-state index contributed by atoms with van der Waals surface area (Å²) in [6, 6.07) is 15.9. The summed E-state index contributed by atoms with van der Waals surface area (Å²) in [5.41, 5.74) is 3.48. The second kappa shape index (κ2) is 8.17. The van der Waals surface area contributed by atoms with E-state index in [0.29, 0.717) is 23.8 Å². The number of ether oxygens (including phenoxy) is 1. The Hall–Kier alpha value is -2.33. The van der Waals surface area contributed by atoms with Crippen LogP contribution in [0.3, 0.4) is 0 Å². The van der Waals surface area contributed by atoms with Gasteiger partial charge in [-0.25, -0.2) is 0 Å². The number of rotatable bonds is 6. The number of nitrogens with zero attached hydrogens (tertiary/aromatic N) is 1. The first-order valence-electron chi connectivity index (χ1n) is 8.87. The van der Waals surface area contributed by atoms with Gasteiger partial charge in [0.25, 0.3) is 5.91 Å². The van der Waals surface area contributed by atoms with Crippen LogP contribution in [0.1, 0.15) is 33.8 Å². The monoisotopic (exact) mass is 338 g/mol. The molecule has 4 heteroatoms. The highest BCUT2D eigenvalue weighted by Crippen LogP contribution is 2.28. The number of carbonyl (C=O) groups excluding carboxylic acids is 1. The van der Waals surface area contributed by atoms with E-state index in [0.717, 1.165) is 19.6 Å². The Bertz CT molecular complexity index is 729. The van der Waals surface area contributed by atoms with Gasteiger partial charge in [0.1, 0.15) is 5.75 Å². The van der Waals surface area contributed by atoms with Crippen LogP contribution in [0, 0.1) is 6.92 Å². The average molecular weight is 338 g/mol. The largest absolute Gasteiger partial charge is 0.497 e. The molecule has 0 aromatic heterocycles. The van der Waals surface area contributed by atoms with Crippen LogP contribution in [-0.2, 0) is 0 Å². The third kappa shape index (κ3) is 4.40. The molecule has 0 radical (unpaired) electrons. The van der Waals surface area contributed by atoms with Gasteiger partial charge < -0.3 is 15.0 Å². The lowest BCUT2D eigenvalue weighted by Crippen LogP contribution is -2.33. The van der Waals surface area contributed by atoms with Crippen molar-refractivity contribution in [2.45, 2.75) is 19.3 Å². The van der Waals surface area contributed by atoms with E-state index in [1.807, 2.05) is 18.2 Å². The third-order valence-corrected chi connectivity index (χ3v) is 4.95. The summed E-state index contributed by atoms with van der Waals surface area (Å²) in [6.07, 6.45) is 1.19. The maximum atomic E-state index is 12.2. The van der Waals surface area contributed by atoms with Gasteiger partial charge in [0.2, 0.25) is 0 Å². The zero-order valence-electron chi connectivity index (χ0n) is 15.0. The normalized spacial score (nSPS) is 17.4. The van der Waals surface area contributed by atoms with Crippen molar-refractivity contribution >= 4 is 5.91 Å². The van der Waals surface area contributed by atoms with Crippen molar-refractivity contribution in [3.63, 3.8) is 0 Å². The summed E-state index contributed by atoms with van der Waals surface area (Å²) in [4.78, 5) is 14.7. The molecular weight excluding hydrogens is 312 g/mol. The van der Waals surface area contributed by atoms with E-state index in [9.17, 15) is 4.79 Å². The zero-order valence-corrected chi connectivity index (χ0v) is 15.0. The highest BCUT2D eigenvalue weighted by atomic mass is 16.5. The van der Waals surface area contributed by atoms with Crippen LogP contribution in [0.25, 0.3) is 0 Å². The van der Waals surface area contributed by atoms with Crippen LogP contribution in [0.15, 0.2) is 48.5 Å². The molecule has 1 fully saturated rings. The molecule has 0 bridgehead atoms. The third-order valence-electron chi connectivity index (χ3n) is 4.95. The quantitative estimate of drug-likeness (QED) is 0.879. The lowest BCUT2D eigenvalue weighted by Gasteiger charge is -2.17. The summed E-state index contributed by atoms with van der Waals surface area (Å²) >= 11 is 0. The van der Waals surface area contributed by atoms with Crippen molar-refractivity contribution in [2.75, 3.05) is 33.3 Å². The molecule has 0 spiro atoms. The van der Waals surface area contributed by atoms with Gasteiger partial charge in [-0.3, -0.25) is 4.79 Å². The smallest absolute Gasteiger partial charge is 0.251 e. The van der Waals surface area contributed by atoms with Gasteiger partial charge in [-0.05, 0) is 55.1 Å². The Morgan fingerprint density at radius 1 is 1.24 bits per heavy atom. The molecule has 1 aliphatic heterocycles. The van der Waals surface area contributed by atoms with E-state index < -0.39 is 0 Å². The summed E-state index contributed by atoms with van der Waals surface area (Å²) in [6.45, 7) is 5.90. The molecule has 132 valence electrons. The van der Waals surface area contributed by atoms with Crippen molar-refractivity contribution in [3.8, 4) is 5.75 Å². The molecule has 1 N–H and O–H groups in total. The number of hydrogen-bond acceptors (Lipinski definition) is 3. The van der Waals surface area contributed by atoms with Gasteiger partial charge in [-0.15, -0.1) is 0 Å². The van der Waals surface area contributed by atoms with Crippen molar-refractivity contribution in [3.05, 3.63) is 65.2 Å². The van der Waals surface area contributed by atoms with Crippen molar-refractivity contribution in [1.82, 2.24) is 10.2 Å². The Morgan fingerprint density at radius 3 is 2.88 bits per heavy atom. The summed E-state index contributed by atoms with van der Waals surface area (Å²) in [5, 5.41) is 3.01. The predicted octanol–water partition coefficient (Wildman–Crippen LogP) is 3.22. The highest BCUT2D eigenvalue weighted by Gasteiger charge is 2.24. The molecule has 1 saturated heterocycles. The number of likely N-dealkylation sites (tertiary alicyclic amines) is 1. The van der Waals surface area contributed by atoms with Crippen LogP contribution in [-0.4, -0.2) is 44.1 Å². The molecule has 0 unspecified atom stereocenters. The first-order chi connectivity index (χ1) is 12.2. The lowest BCUT2D eigenvalue weighted by atomic mass is 9.94. The first-order valence-corrected chi connectivity index (χ1v) is 8.87. The van der Waals surface area contributed by atoms with E-state index in [1.54, 1.807) is 13.2 Å². The van der Waals surface area contributed by atoms with Gasteiger partial charge in [-0.1, -0.05) is 30.3 Å². The van der Waals surface area contributed by atoms with Gasteiger partial charge in [0, 0.05) is 25.2 Å². The predicted molar refractivity (Wildman–Crippen MR) is 100 cm³/mol. The van der Waals surface area contributed by atoms with Crippen molar-refractivity contribution < 1.29 is 9.53 Å². The number of hydrogen-bond donors (Lipinski definition) is 1. The number of aryl methyl sites for hydroxylation is 1. The molecule has 4 nitrogen and oxygen atoms in total. The molecule has 1 atom stereocenters. The SMILES string of the molecule is COc1cccc(C(=O)NCCN2CC[C@@H](c3ccccc3C)C2)c1. The fourth-order valence-electron chi connectivity index (χ4n) is 3.53. The molecule has 2 aromatic carbocycles. The summed E-state index contributed by atoms with van der Waals surface area (Å²) in [5.74, 6) is 1.26. The second-order valence-corrected chi connectivity index (χ2v) is 6.63. The Balaban J connectivity index is 1.47. The number of nitrogens with one attached hydrogen (secondary N) is 1. The number of carbonyl (C=O) groups is 1. The maximum absolute atomic E-state index is 12.2. The Labute approximate surface area is 149 Å². The maximum Gasteiger partial charge on any atom is 0.251 e.